The van der Waals surface area contributed by atoms with E-state index < -0.39 is 0 Å². The average Bonchev–Trinajstić information content (AvgIpc) is 2.36. The van der Waals surface area contributed by atoms with Gasteiger partial charge in [0.05, 0.1) is 13.0 Å². The van der Waals surface area contributed by atoms with Crippen LogP contribution in [0, 0.1) is 5.92 Å². The molecular weight excluding hydrogens is 232 g/mol. The van der Waals surface area contributed by atoms with E-state index in [-0.39, 0.29) is 17.8 Å². The fourth-order valence-corrected chi connectivity index (χ4v) is 2.23. The van der Waals surface area contributed by atoms with E-state index in [4.69, 9.17) is 4.74 Å². The molecule has 1 aliphatic carbocycles. The molecule has 5 heteroatoms. The van der Waals surface area contributed by atoms with Crippen LogP contribution in [0.2, 0.25) is 0 Å². The van der Waals surface area contributed by atoms with Gasteiger partial charge in [0, 0.05) is 12.6 Å². The van der Waals surface area contributed by atoms with E-state index in [1.807, 2.05) is 6.07 Å². The summed E-state index contributed by atoms with van der Waals surface area (Å²) in [5, 5.41) is 2.66. The summed E-state index contributed by atoms with van der Waals surface area (Å²) >= 11 is 0. The standard InChI is InChI=1S/C13H16N2O3/c1-8(16)14-12-6-4-9-7-10(13(17)18-2)3-5-11(9)15-12/h4,6,10H,3,5,7H2,1-2H3,(H,14,15,16). The molecule has 1 atom stereocenters. The fraction of sp³-hybridized carbons (Fsp3) is 0.462. The molecule has 5 nitrogen and oxygen atoms in total. The van der Waals surface area contributed by atoms with Crippen molar-refractivity contribution in [3.05, 3.63) is 23.4 Å². The fourth-order valence-electron chi connectivity index (χ4n) is 2.23. The highest BCUT2D eigenvalue weighted by atomic mass is 16.5. The molecule has 1 N–H and O–H groups in total. The number of aromatic nitrogens is 1. The van der Waals surface area contributed by atoms with Crippen LogP contribution in [0.4, 0.5) is 5.82 Å². The van der Waals surface area contributed by atoms with E-state index in [0.29, 0.717) is 12.2 Å². The van der Waals surface area contributed by atoms with Crippen molar-refractivity contribution >= 4 is 17.7 Å². The van der Waals surface area contributed by atoms with Crippen molar-refractivity contribution in [2.45, 2.75) is 26.2 Å². The van der Waals surface area contributed by atoms with E-state index in [9.17, 15) is 9.59 Å². The number of ether oxygens (including phenoxy) is 1. The van der Waals surface area contributed by atoms with Crippen molar-refractivity contribution in [3.8, 4) is 0 Å². The van der Waals surface area contributed by atoms with Gasteiger partial charge in [-0.3, -0.25) is 9.59 Å². The monoisotopic (exact) mass is 248 g/mol. The van der Waals surface area contributed by atoms with Gasteiger partial charge in [-0.05, 0) is 30.9 Å². The molecule has 18 heavy (non-hydrogen) atoms. The minimum Gasteiger partial charge on any atom is -0.469 e. The van der Waals surface area contributed by atoms with E-state index in [2.05, 4.69) is 10.3 Å². The molecule has 96 valence electrons. The van der Waals surface area contributed by atoms with Crippen molar-refractivity contribution in [3.63, 3.8) is 0 Å². The predicted octanol–water partition coefficient (Wildman–Crippen LogP) is 1.32. The molecule has 0 spiro atoms. The number of rotatable bonds is 2. The molecule has 1 aromatic rings. The van der Waals surface area contributed by atoms with Gasteiger partial charge < -0.3 is 10.1 Å². The largest absolute Gasteiger partial charge is 0.469 e. The maximum atomic E-state index is 11.5. The van der Waals surface area contributed by atoms with Crippen LogP contribution in [0.15, 0.2) is 12.1 Å². The van der Waals surface area contributed by atoms with Gasteiger partial charge in [0.2, 0.25) is 5.91 Å². The number of anilines is 1. The second-order valence-corrected chi connectivity index (χ2v) is 4.45. The molecule has 0 fully saturated rings. The SMILES string of the molecule is COC(=O)C1CCc2nc(NC(C)=O)ccc2C1. The minimum atomic E-state index is -0.161. The highest BCUT2D eigenvalue weighted by Gasteiger charge is 2.26. The topological polar surface area (TPSA) is 68.3 Å². The van der Waals surface area contributed by atoms with Crippen LogP contribution in [-0.4, -0.2) is 24.0 Å². The predicted molar refractivity (Wildman–Crippen MR) is 66.1 cm³/mol. The number of carbonyl (C=O) groups is 2. The first-order chi connectivity index (χ1) is 8.60. The summed E-state index contributed by atoms with van der Waals surface area (Å²) in [5.74, 6) is 0.200. The molecule has 1 aliphatic rings. The van der Waals surface area contributed by atoms with E-state index in [1.54, 1.807) is 6.07 Å². The maximum absolute atomic E-state index is 11.5. The Bertz CT molecular complexity index is 485. The summed E-state index contributed by atoms with van der Waals surface area (Å²) < 4.78 is 4.76. The van der Waals surface area contributed by atoms with Crippen LogP contribution in [0.1, 0.15) is 24.6 Å². The zero-order chi connectivity index (χ0) is 13.1. The van der Waals surface area contributed by atoms with Gasteiger partial charge in [0.25, 0.3) is 0 Å². The van der Waals surface area contributed by atoms with Gasteiger partial charge in [-0.15, -0.1) is 0 Å². The molecule has 0 aromatic carbocycles. The van der Waals surface area contributed by atoms with E-state index in [0.717, 1.165) is 24.1 Å². The maximum Gasteiger partial charge on any atom is 0.309 e. The quantitative estimate of drug-likeness (QED) is 0.801. The highest BCUT2D eigenvalue weighted by molar-refractivity contribution is 5.87. The van der Waals surface area contributed by atoms with Gasteiger partial charge in [0.1, 0.15) is 5.82 Å². The van der Waals surface area contributed by atoms with Crippen LogP contribution in [-0.2, 0) is 27.2 Å². The van der Waals surface area contributed by atoms with Crippen molar-refractivity contribution in [1.82, 2.24) is 4.98 Å². The molecule has 0 aliphatic heterocycles. The number of nitrogens with one attached hydrogen (secondary N) is 1. The first-order valence-electron chi connectivity index (χ1n) is 5.94. The molecular formula is C13H16N2O3. The lowest BCUT2D eigenvalue weighted by molar-refractivity contribution is -0.145. The summed E-state index contributed by atoms with van der Waals surface area (Å²) in [5.41, 5.74) is 2.02. The van der Waals surface area contributed by atoms with Crippen molar-refractivity contribution in [2.24, 2.45) is 5.92 Å². The van der Waals surface area contributed by atoms with Crippen LogP contribution in [0.3, 0.4) is 0 Å². The summed E-state index contributed by atoms with van der Waals surface area (Å²) in [6.07, 6.45) is 2.15. The summed E-state index contributed by atoms with van der Waals surface area (Å²) in [4.78, 5) is 26.8. The van der Waals surface area contributed by atoms with Crippen LogP contribution in [0.25, 0.3) is 0 Å². The van der Waals surface area contributed by atoms with Gasteiger partial charge in [0.15, 0.2) is 0 Å². The second-order valence-electron chi connectivity index (χ2n) is 4.45. The van der Waals surface area contributed by atoms with Gasteiger partial charge in [-0.2, -0.15) is 0 Å². The molecule has 0 radical (unpaired) electrons. The lowest BCUT2D eigenvalue weighted by Gasteiger charge is -2.22. The molecule has 1 aromatic heterocycles. The van der Waals surface area contributed by atoms with Crippen LogP contribution >= 0.6 is 0 Å². The number of pyridine rings is 1. The van der Waals surface area contributed by atoms with Crippen LogP contribution < -0.4 is 5.32 Å². The number of hydrogen-bond donors (Lipinski definition) is 1. The second kappa shape index (κ2) is 5.16. The summed E-state index contributed by atoms with van der Waals surface area (Å²) in [7, 11) is 1.41. The van der Waals surface area contributed by atoms with Crippen molar-refractivity contribution < 1.29 is 14.3 Å². The van der Waals surface area contributed by atoms with Crippen LogP contribution in [0.5, 0.6) is 0 Å². The number of carbonyl (C=O) groups excluding carboxylic acids is 2. The number of nitrogens with zero attached hydrogens (tertiary/aromatic N) is 1. The zero-order valence-electron chi connectivity index (χ0n) is 10.5. The Morgan fingerprint density at radius 3 is 2.89 bits per heavy atom. The number of esters is 1. The lowest BCUT2D eigenvalue weighted by Crippen LogP contribution is -2.24. The molecule has 1 unspecified atom stereocenters. The third-order valence-electron chi connectivity index (χ3n) is 3.10. The number of amides is 1. The molecule has 0 saturated heterocycles. The van der Waals surface area contributed by atoms with E-state index in [1.165, 1.54) is 14.0 Å². The van der Waals surface area contributed by atoms with Crippen molar-refractivity contribution in [2.75, 3.05) is 12.4 Å². The molecule has 0 bridgehead atoms. The number of fused-ring (bicyclic) bond motifs is 1. The average molecular weight is 248 g/mol. The Balaban J connectivity index is 2.15. The molecule has 1 amide bonds. The molecule has 2 rings (SSSR count). The normalized spacial score (nSPS) is 17.8. The molecule has 0 saturated carbocycles. The first kappa shape index (κ1) is 12.5. The van der Waals surface area contributed by atoms with Gasteiger partial charge in [-0.25, -0.2) is 4.98 Å². The third-order valence-corrected chi connectivity index (χ3v) is 3.10. The summed E-state index contributed by atoms with van der Waals surface area (Å²) in [6, 6.07) is 3.68. The number of hydrogen-bond acceptors (Lipinski definition) is 4. The smallest absolute Gasteiger partial charge is 0.309 e. The Morgan fingerprint density at radius 1 is 1.44 bits per heavy atom. The zero-order valence-corrected chi connectivity index (χ0v) is 10.5. The highest BCUT2D eigenvalue weighted by Crippen LogP contribution is 2.26. The Labute approximate surface area is 106 Å². The Kier molecular flexibility index (Phi) is 3.60. The van der Waals surface area contributed by atoms with Gasteiger partial charge in [-0.1, -0.05) is 6.07 Å². The van der Waals surface area contributed by atoms with Gasteiger partial charge >= 0.3 is 5.97 Å². The molecule has 1 heterocycles. The minimum absolute atomic E-state index is 0.0732. The Hall–Kier alpha value is -1.91. The first-order valence-corrected chi connectivity index (χ1v) is 5.94. The third kappa shape index (κ3) is 2.67. The summed E-state index contributed by atoms with van der Waals surface area (Å²) in [6.45, 7) is 1.45. The Morgan fingerprint density at radius 2 is 2.22 bits per heavy atom. The number of aryl methyl sites for hydroxylation is 1. The van der Waals surface area contributed by atoms with E-state index >= 15 is 0 Å². The number of methoxy groups -OCH3 is 1. The lowest BCUT2D eigenvalue weighted by atomic mass is 9.86. The van der Waals surface area contributed by atoms with Crippen molar-refractivity contribution in [1.29, 1.82) is 0 Å².